The number of sulfonamides is 1. The third kappa shape index (κ3) is 4.38. The zero-order chi connectivity index (χ0) is 18.4. The molecule has 0 aromatic heterocycles. The van der Waals surface area contributed by atoms with E-state index in [0.29, 0.717) is 5.56 Å². The Bertz CT molecular complexity index is 913. The van der Waals surface area contributed by atoms with Crippen LogP contribution in [-0.2, 0) is 16.6 Å². The Morgan fingerprint density at radius 3 is 1.85 bits per heavy atom. The van der Waals surface area contributed by atoms with E-state index in [0.717, 1.165) is 5.56 Å². The molecule has 0 amide bonds. The van der Waals surface area contributed by atoms with Crippen molar-refractivity contribution >= 4 is 10.0 Å². The summed E-state index contributed by atoms with van der Waals surface area (Å²) in [5, 5.41) is 10.6. The SMILES string of the molecule is O=S(=O)(c1ccccc1)N(Cc1ccccc1)C[C@@H](O)c1ccccc1. The van der Waals surface area contributed by atoms with E-state index >= 15 is 0 Å². The highest BCUT2D eigenvalue weighted by Crippen LogP contribution is 2.22. The lowest BCUT2D eigenvalue weighted by Crippen LogP contribution is -2.34. The second-order valence-electron chi connectivity index (χ2n) is 6.02. The van der Waals surface area contributed by atoms with Gasteiger partial charge in [-0.05, 0) is 23.3 Å². The molecule has 0 aliphatic heterocycles. The number of nitrogens with zero attached hydrogens (tertiary/aromatic N) is 1. The van der Waals surface area contributed by atoms with Crippen molar-refractivity contribution in [3.63, 3.8) is 0 Å². The molecule has 0 spiro atoms. The molecular formula is C21H21NO3S. The quantitative estimate of drug-likeness (QED) is 0.694. The first-order valence-electron chi connectivity index (χ1n) is 8.39. The summed E-state index contributed by atoms with van der Waals surface area (Å²) in [4.78, 5) is 0.219. The molecule has 1 N–H and O–H groups in total. The standard InChI is InChI=1S/C21H21NO3S/c23-21(19-12-6-2-7-13-19)17-22(16-18-10-4-1-5-11-18)26(24,25)20-14-8-3-9-15-20/h1-15,21,23H,16-17H2/t21-/m1/s1. The van der Waals surface area contributed by atoms with Gasteiger partial charge in [0.15, 0.2) is 0 Å². The van der Waals surface area contributed by atoms with Gasteiger partial charge in [0.25, 0.3) is 0 Å². The molecule has 0 heterocycles. The zero-order valence-electron chi connectivity index (χ0n) is 14.3. The summed E-state index contributed by atoms with van der Waals surface area (Å²) in [6, 6.07) is 26.8. The highest BCUT2D eigenvalue weighted by molar-refractivity contribution is 7.89. The molecule has 3 aromatic carbocycles. The van der Waals surface area contributed by atoms with E-state index in [9.17, 15) is 13.5 Å². The van der Waals surface area contributed by atoms with Gasteiger partial charge in [0.05, 0.1) is 11.0 Å². The Morgan fingerprint density at radius 1 is 0.769 bits per heavy atom. The lowest BCUT2D eigenvalue weighted by molar-refractivity contribution is 0.145. The molecule has 0 unspecified atom stereocenters. The van der Waals surface area contributed by atoms with Crippen molar-refractivity contribution in [2.24, 2.45) is 0 Å². The number of rotatable bonds is 7. The highest BCUT2D eigenvalue weighted by Gasteiger charge is 2.27. The van der Waals surface area contributed by atoms with Crippen molar-refractivity contribution < 1.29 is 13.5 Å². The average molecular weight is 367 g/mol. The summed E-state index contributed by atoms with van der Waals surface area (Å²) in [5.74, 6) is 0. The van der Waals surface area contributed by atoms with E-state index in [-0.39, 0.29) is 18.0 Å². The predicted octanol–water partition coefficient (Wildman–Crippen LogP) is 3.61. The highest BCUT2D eigenvalue weighted by atomic mass is 32.2. The topological polar surface area (TPSA) is 57.6 Å². The van der Waals surface area contributed by atoms with Crippen molar-refractivity contribution in [2.75, 3.05) is 6.54 Å². The van der Waals surface area contributed by atoms with Crippen molar-refractivity contribution in [1.82, 2.24) is 4.31 Å². The van der Waals surface area contributed by atoms with Gasteiger partial charge >= 0.3 is 0 Å². The van der Waals surface area contributed by atoms with Gasteiger partial charge in [0, 0.05) is 13.1 Å². The number of aliphatic hydroxyl groups excluding tert-OH is 1. The fourth-order valence-corrected chi connectivity index (χ4v) is 4.21. The van der Waals surface area contributed by atoms with Crippen LogP contribution in [0, 0.1) is 0 Å². The molecule has 0 aliphatic carbocycles. The van der Waals surface area contributed by atoms with Crippen molar-refractivity contribution in [3.8, 4) is 0 Å². The molecular weight excluding hydrogens is 346 g/mol. The van der Waals surface area contributed by atoms with Crippen LogP contribution in [0.4, 0.5) is 0 Å². The number of hydrogen-bond donors (Lipinski definition) is 1. The van der Waals surface area contributed by atoms with E-state index in [4.69, 9.17) is 0 Å². The monoisotopic (exact) mass is 367 g/mol. The first kappa shape index (κ1) is 18.3. The van der Waals surface area contributed by atoms with Crippen LogP contribution in [-0.4, -0.2) is 24.4 Å². The third-order valence-corrected chi connectivity index (χ3v) is 5.97. The normalized spacial score (nSPS) is 12.8. The molecule has 3 rings (SSSR count). The van der Waals surface area contributed by atoms with Crippen LogP contribution >= 0.6 is 0 Å². The van der Waals surface area contributed by atoms with Gasteiger partial charge in [-0.15, -0.1) is 0 Å². The van der Waals surface area contributed by atoms with E-state index in [1.54, 1.807) is 42.5 Å². The van der Waals surface area contributed by atoms with Gasteiger partial charge in [0.2, 0.25) is 10.0 Å². The molecule has 0 aliphatic rings. The molecule has 4 nitrogen and oxygen atoms in total. The van der Waals surface area contributed by atoms with E-state index in [1.165, 1.54) is 4.31 Å². The lowest BCUT2D eigenvalue weighted by Gasteiger charge is -2.25. The Morgan fingerprint density at radius 2 is 1.27 bits per heavy atom. The average Bonchev–Trinajstić information content (AvgIpc) is 2.69. The van der Waals surface area contributed by atoms with Crippen LogP contribution < -0.4 is 0 Å². The van der Waals surface area contributed by atoms with Crippen LogP contribution in [0.1, 0.15) is 17.2 Å². The zero-order valence-corrected chi connectivity index (χ0v) is 15.1. The summed E-state index contributed by atoms with van der Waals surface area (Å²) in [6.07, 6.45) is -0.904. The molecule has 0 radical (unpaired) electrons. The van der Waals surface area contributed by atoms with Gasteiger partial charge in [0.1, 0.15) is 0 Å². The first-order chi connectivity index (χ1) is 12.6. The van der Waals surface area contributed by atoms with Crippen molar-refractivity contribution in [1.29, 1.82) is 0 Å². The number of aliphatic hydroxyl groups is 1. The van der Waals surface area contributed by atoms with Gasteiger partial charge in [-0.1, -0.05) is 78.9 Å². The van der Waals surface area contributed by atoms with E-state index in [1.807, 2.05) is 48.5 Å². The fraction of sp³-hybridized carbons (Fsp3) is 0.143. The smallest absolute Gasteiger partial charge is 0.243 e. The first-order valence-corrected chi connectivity index (χ1v) is 9.83. The number of hydrogen-bond acceptors (Lipinski definition) is 3. The van der Waals surface area contributed by atoms with Crippen molar-refractivity contribution in [3.05, 3.63) is 102 Å². The van der Waals surface area contributed by atoms with Crippen LogP contribution in [0.2, 0.25) is 0 Å². The summed E-state index contributed by atoms with van der Waals surface area (Å²) < 4.78 is 27.6. The summed E-state index contributed by atoms with van der Waals surface area (Å²) in [5.41, 5.74) is 1.56. The molecule has 134 valence electrons. The number of benzene rings is 3. The fourth-order valence-electron chi connectivity index (χ4n) is 2.75. The van der Waals surface area contributed by atoms with Crippen LogP contribution in [0.5, 0.6) is 0 Å². The molecule has 0 bridgehead atoms. The maximum absolute atomic E-state index is 13.1. The molecule has 1 atom stereocenters. The van der Waals surface area contributed by atoms with Gasteiger partial charge in [-0.2, -0.15) is 4.31 Å². The Hall–Kier alpha value is -2.47. The van der Waals surface area contributed by atoms with E-state index in [2.05, 4.69) is 0 Å². The Balaban J connectivity index is 1.91. The molecule has 0 saturated carbocycles. The maximum Gasteiger partial charge on any atom is 0.243 e. The van der Waals surface area contributed by atoms with Crippen LogP contribution in [0.25, 0.3) is 0 Å². The molecule has 3 aromatic rings. The summed E-state index contributed by atoms with van der Waals surface area (Å²) >= 11 is 0. The largest absolute Gasteiger partial charge is 0.387 e. The molecule has 26 heavy (non-hydrogen) atoms. The maximum atomic E-state index is 13.1. The van der Waals surface area contributed by atoms with Crippen LogP contribution in [0.15, 0.2) is 95.9 Å². The van der Waals surface area contributed by atoms with Crippen LogP contribution in [0.3, 0.4) is 0 Å². The minimum Gasteiger partial charge on any atom is -0.387 e. The van der Waals surface area contributed by atoms with Gasteiger partial charge < -0.3 is 5.11 Å². The lowest BCUT2D eigenvalue weighted by atomic mass is 10.1. The van der Waals surface area contributed by atoms with Gasteiger partial charge in [-0.3, -0.25) is 0 Å². The Kier molecular flexibility index (Phi) is 5.83. The minimum atomic E-state index is -3.73. The summed E-state index contributed by atoms with van der Waals surface area (Å²) in [6.45, 7) is 0.179. The Labute approximate surface area is 154 Å². The molecule has 5 heteroatoms. The molecule has 0 fully saturated rings. The minimum absolute atomic E-state index is 0.0177. The van der Waals surface area contributed by atoms with E-state index < -0.39 is 16.1 Å². The molecule has 0 saturated heterocycles. The predicted molar refractivity (Wildman–Crippen MR) is 102 cm³/mol. The summed E-state index contributed by atoms with van der Waals surface area (Å²) in [7, 11) is -3.73. The van der Waals surface area contributed by atoms with Gasteiger partial charge in [-0.25, -0.2) is 8.42 Å². The third-order valence-electron chi connectivity index (χ3n) is 4.14. The van der Waals surface area contributed by atoms with Crippen molar-refractivity contribution in [2.45, 2.75) is 17.5 Å². The second kappa shape index (κ2) is 8.27. The second-order valence-corrected chi connectivity index (χ2v) is 7.96.